The second-order valence-corrected chi connectivity index (χ2v) is 9.25. The molecule has 0 radical (unpaired) electrons. The van der Waals surface area contributed by atoms with Crippen molar-refractivity contribution in [1.82, 2.24) is 9.88 Å². The molecular weight excluding hydrogens is 492 g/mol. The Hall–Kier alpha value is -3.82. The molecule has 8 nitrogen and oxygen atoms in total. The van der Waals surface area contributed by atoms with Gasteiger partial charge in [-0.1, -0.05) is 49.2 Å². The summed E-state index contributed by atoms with van der Waals surface area (Å²) in [4.78, 5) is 39.6. The Morgan fingerprint density at radius 2 is 1.57 bits per heavy atom. The predicted molar refractivity (Wildman–Crippen MR) is 144 cm³/mol. The summed E-state index contributed by atoms with van der Waals surface area (Å²) in [6.07, 6.45) is 5.55. The second-order valence-electron chi connectivity index (χ2n) is 8.30. The molecule has 0 bridgehead atoms. The minimum atomic E-state index is -1.26. The maximum absolute atomic E-state index is 12.9. The number of carbonyl (C=O) groups excluding carboxylic acids is 1. The standard InChI is InChI=1S/C24H28N2O2S.C4H4O4/c1-26(2)16-8-3-4-9-17-28-24-20(23(27)22-13-10-18-29-22)14-15-21(25-24)19-11-6-5-7-12-19;5-3(6)1-2-4(7)8/h5-7,10-15,18H,3-4,8-9,16-17H2,1-2H3;1-2H,(H,5,6)(H,7,8). The maximum atomic E-state index is 12.9. The molecule has 0 aliphatic rings. The topological polar surface area (TPSA) is 117 Å². The average Bonchev–Trinajstić information content (AvgIpc) is 3.42. The first kappa shape index (κ1) is 29.4. The highest BCUT2D eigenvalue weighted by Crippen LogP contribution is 2.27. The Kier molecular flexibility index (Phi) is 12.7. The van der Waals surface area contributed by atoms with Gasteiger partial charge in [0.15, 0.2) is 0 Å². The maximum Gasteiger partial charge on any atom is 0.328 e. The van der Waals surface area contributed by atoms with E-state index in [1.807, 2.05) is 60.0 Å². The number of hydrogen-bond acceptors (Lipinski definition) is 7. The van der Waals surface area contributed by atoms with E-state index in [9.17, 15) is 14.4 Å². The van der Waals surface area contributed by atoms with Gasteiger partial charge in [-0.05, 0) is 57.1 Å². The number of benzene rings is 1. The van der Waals surface area contributed by atoms with Gasteiger partial charge in [0.2, 0.25) is 11.7 Å². The van der Waals surface area contributed by atoms with Gasteiger partial charge in [-0.15, -0.1) is 11.3 Å². The monoisotopic (exact) mass is 524 g/mol. The van der Waals surface area contributed by atoms with Crippen molar-refractivity contribution in [3.63, 3.8) is 0 Å². The van der Waals surface area contributed by atoms with Crippen molar-refractivity contribution in [2.75, 3.05) is 27.2 Å². The van der Waals surface area contributed by atoms with Gasteiger partial charge in [0.25, 0.3) is 0 Å². The third kappa shape index (κ3) is 11.2. The van der Waals surface area contributed by atoms with Crippen molar-refractivity contribution in [1.29, 1.82) is 0 Å². The molecule has 2 N–H and O–H groups in total. The lowest BCUT2D eigenvalue weighted by atomic mass is 10.1. The van der Waals surface area contributed by atoms with Crippen LogP contribution in [0.3, 0.4) is 0 Å². The molecule has 1 aromatic carbocycles. The number of carbonyl (C=O) groups is 3. The SMILES string of the molecule is CN(C)CCCCCCOc1nc(-c2ccccc2)ccc1C(=O)c1cccs1.O=C(O)C=CC(=O)O. The highest BCUT2D eigenvalue weighted by molar-refractivity contribution is 7.12. The van der Waals surface area contributed by atoms with Crippen LogP contribution in [0.25, 0.3) is 11.3 Å². The number of aromatic nitrogens is 1. The first-order chi connectivity index (χ1) is 17.8. The molecule has 2 heterocycles. The average molecular weight is 525 g/mol. The summed E-state index contributed by atoms with van der Waals surface area (Å²) in [6, 6.07) is 17.4. The first-order valence-electron chi connectivity index (χ1n) is 11.8. The Morgan fingerprint density at radius 3 is 2.16 bits per heavy atom. The molecule has 0 fully saturated rings. The summed E-state index contributed by atoms with van der Waals surface area (Å²) in [6.45, 7) is 1.68. The summed E-state index contributed by atoms with van der Waals surface area (Å²) in [5.74, 6) is -2.12. The minimum absolute atomic E-state index is 0.0342. The second kappa shape index (κ2) is 16.0. The number of aliphatic carboxylic acids is 2. The molecule has 3 aromatic rings. The number of ketones is 1. The number of nitrogens with zero attached hydrogens (tertiary/aromatic N) is 2. The summed E-state index contributed by atoms with van der Waals surface area (Å²) in [5, 5.41) is 17.5. The fourth-order valence-corrected chi connectivity index (χ4v) is 3.91. The van der Waals surface area contributed by atoms with Crippen molar-refractivity contribution in [3.8, 4) is 17.1 Å². The van der Waals surface area contributed by atoms with Crippen molar-refractivity contribution < 1.29 is 29.3 Å². The molecule has 2 aromatic heterocycles. The lowest BCUT2D eigenvalue weighted by Crippen LogP contribution is -2.12. The van der Waals surface area contributed by atoms with E-state index in [0.29, 0.717) is 35.1 Å². The zero-order chi connectivity index (χ0) is 27.0. The molecule has 0 aliphatic heterocycles. The van der Waals surface area contributed by atoms with Gasteiger partial charge in [0.05, 0.1) is 22.7 Å². The minimum Gasteiger partial charge on any atom is -0.478 e. The van der Waals surface area contributed by atoms with Crippen LogP contribution in [-0.2, 0) is 9.59 Å². The third-order valence-electron chi connectivity index (χ3n) is 5.03. The molecule has 0 unspecified atom stereocenters. The fraction of sp³-hybridized carbons (Fsp3) is 0.286. The van der Waals surface area contributed by atoms with Crippen LogP contribution in [0, 0.1) is 0 Å². The Morgan fingerprint density at radius 1 is 0.892 bits per heavy atom. The number of rotatable bonds is 13. The molecule has 0 saturated carbocycles. The molecule has 0 atom stereocenters. The number of hydrogen-bond donors (Lipinski definition) is 2. The molecule has 9 heteroatoms. The van der Waals surface area contributed by atoms with Crippen LogP contribution in [0.5, 0.6) is 5.88 Å². The van der Waals surface area contributed by atoms with Crippen LogP contribution in [-0.4, -0.2) is 65.1 Å². The van der Waals surface area contributed by atoms with Crippen LogP contribution in [0.15, 0.2) is 72.1 Å². The number of thiophene rings is 1. The number of pyridine rings is 1. The van der Waals surface area contributed by atoms with E-state index in [0.717, 1.165) is 30.6 Å². The zero-order valence-corrected chi connectivity index (χ0v) is 21.8. The third-order valence-corrected chi connectivity index (χ3v) is 5.89. The van der Waals surface area contributed by atoms with Crippen molar-refractivity contribution in [2.45, 2.75) is 25.7 Å². The van der Waals surface area contributed by atoms with Gasteiger partial charge < -0.3 is 19.8 Å². The number of carboxylic acid groups (broad SMARTS) is 2. The quantitative estimate of drug-likeness (QED) is 0.177. The van der Waals surface area contributed by atoms with Gasteiger partial charge in [0.1, 0.15) is 0 Å². The molecule has 0 spiro atoms. The lowest BCUT2D eigenvalue weighted by Gasteiger charge is -2.12. The smallest absolute Gasteiger partial charge is 0.328 e. The summed E-state index contributed by atoms with van der Waals surface area (Å²) in [7, 11) is 4.20. The van der Waals surface area contributed by atoms with Crippen LogP contribution >= 0.6 is 11.3 Å². The summed E-state index contributed by atoms with van der Waals surface area (Å²) < 4.78 is 6.01. The largest absolute Gasteiger partial charge is 0.478 e. The zero-order valence-electron chi connectivity index (χ0n) is 21.0. The highest BCUT2D eigenvalue weighted by Gasteiger charge is 2.18. The number of carboxylic acids is 2. The van der Waals surface area contributed by atoms with Gasteiger partial charge in [-0.25, -0.2) is 14.6 Å². The molecule has 0 amide bonds. The summed E-state index contributed by atoms with van der Waals surface area (Å²) in [5.41, 5.74) is 2.35. The molecule has 3 rings (SSSR count). The number of ether oxygens (including phenoxy) is 1. The molecule has 0 aliphatic carbocycles. The molecule has 196 valence electrons. The van der Waals surface area contributed by atoms with Gasteiger partial charge >= 0.3 is 11.9 Å². The normalized spacial score (nSPS) is 10.7. The summed E-state index contributed by atoms with van der Waals surface area (Å²) >= 11 is 1.44. The van der Waals surface area contributed by atoms with Crippen LogP contribution in [0.2, 0.25) is 0 Å². The van der Waals surface area contributed by atoms with Gasteiger partial charge in [-0.2, -0.15) is 0 Å². The van der Waals surface area contributed by atoms with Crippen LogP contribution in [0.4, 0.5) is 0 Å². The molecular formula is C28H32N2O6S. The predicted octanol–water partition coefficient (Wildman–Crippen LogP) is 5.25. The van der Waals surface area contributed by atoms with E-state index in [2.05, 4.69) is 24.0 Å². The molecule has 37 heavy (non-hydrogen) atoms. The van der Waals surface area contributed by atoms with Crippen molar-refractivity contribution in [3.05, 3.63) is 82.6 Å². The van der Waals surface area contributed by atoms with Gasteiger partial charge in [-0.3, -0.25) is 4.79 Å². The lowest BCUT2D eigenvalue weighted by molar-refractivity contribution is -0.134. The Labute approximate surface area is 220 Å². The first-order valence-corrected chi connectivity index (χ1v) is 12.7. The van der Waals surface area contributed by atoms with E-state index in [-0.39, 0.29) is 5.78 Å². The van der Waals surface area contributed by atoms with Gasteiger partial charge in [0, 0.05) is 17.7 Å². The Balaban J connectivity index is 0.000000521. The highest BCUT2D eigenvalue weighted by atomic mass is 32.1. The van der Waals surface area contributed by atoms with E-state index < -0.39 is 11.9 Å². The van der Waals surface area contributed by atoms with Crippen LogP contribution < -0.4 is 4.74 Å². The van der Waals surface area contributed by atoms with E-state index in [1.54, 1.807) is 0 Å². The fourth-order valence-electron chi connectivity index (χ4n) is 3.23. The van der Waals surface area contributed by atoms with E-state index in [4.69, 9.17) is 14.9 Å². The van der Waals surface area contributed by atoms with E-state index >= 15 is 0 Å². The van der Waals surface area contributed by atoms with Crippen molar-refractivity contribution in [2.24, 2.45) is 0 Å². The van der Waals surface area contributed by atoms with Crippen molar-refractivity contribution >= 4 is 29.1 Å². The molecule has 0 saturated heterocycles. The Bertz CT molecular complexity index is 1140. The van der Waals surface area contributed by atoms with Crippen LogP contribution in [0.1, 0.15) is 40.9 Å². The van der Waals surface area contributed by atoms with E-state index in [1.165, 1.54) is 24.2 Å². The number of unbranched alkanes of at least 4 members (excludes halogenated alkanes) is 3.